The van der Waals surface area contributed by atoms with E-state index in [0.29, 0.717) is 37.2 Å². The highest BCUT2D eigenvalue weighted by Crippen LogP contribution is 2.37. The minimum Gasteiger partial charge on any atom is -0.422 e. The fraction of sp³-hybridized carbons (Fsp3) is 0.478. The number of nitrogens with zero attached hydrogens (tertiary/aromatic N) is 4. The molecule has 0 bridgehead atoms. The van der Waals surface area contributed by atoms with E-state index in [1.165, 1.54) is 4.68 Å². The van der Waals surface area contributed by atoms with Crippen molar-refractivity contribution in [3.63, 3.8) is 0 Å². The average molecular weight is 438 g/mol. The Balaban J connectivity index is 1.43. The van der Waals surface area contributed by atoms with E-state index in [4.69, 9.17) is 9.15 Å². The van der Waals surface area contributed by atoms with Crippen molar-refractivity contribution in [2.24, 2.45) is 0 Å². The van der Waals surface area contributed by atoms with Gasteiger partial charge in [-0.2, -0.15) is 5.10 Å². The maximum Gasteiger partial charge on any atom is 0.349 e. The van der Waals surface area contributed by atoms with Gasteiger partial charge in [0.15, 0.2) is 0 Å². The molecule has 2 aliphatic rings. The first-order valence-corrected chi connectivity index (χ1v) is 11.1. The Morgan fingerprint density at radius 3 is 2.81 bits per heavy atom. The molecule has 0 spiro atoms. The third-order valence-electron chi connectivity index (χ3n) is 6.26. The Morgan fingerprint density at radius 1 is 1.22 bits per heavy atom. The number of carbonyl (C=O) groups excluding carboxylic acids is 1. The number of ether oxygens (including phenoxy) is 1. The molecule has 1 atom stereocenters. The zero-order chi connectivity index (χ0) is 22.2. The summed E-state index contributed by atoms with van der Waals surface area (Å²) in [5.41, 5.74) is -0.247. The van der Waals surface area contributed by atoms with Crippen molar-refractivity contribution >= 4 is 16.9 Å². The maximum absolute atomic E-state index is 13.2. The number of piperidine rings is 1. The number of amides is 1. The van der Waals surface area contributed by atoms with Crippen molar-refractivity contribution in [1.29, 1.82) is 0 Å². The van der Waals surface area contributed by atoms with E-state index in [0.717, 1.165) is 31.5 Å². The number of benzene rings is 1. The van der Waals surface area contributed by atoms with E-state index >= 15 is 0 Å². The van der Waals surface area contributed by atoms with Crippen LogP contribution < -0.4 is 11.3 Å². The number of hydrogen-bond donors (Lipinski definition) is 0. The van der Waals surface area contributed by atoms with Crippen LogP contribution in [0, 0.1) is 0 Å². The fourth-order valence-corrected chi connectivity index (χ4v) is 4.47. The van der Waals surface area contributed by atoms with Gasteiger partial charge < -0.3 is 14.1 Å². The summed E-state index contributed by atoms with van der Waals surface area (Å²) >= 11 is 0. The molecule has 32 heavy (non-hydrogen) atoms. The molecule has 1 aromatic carbocycles. The van der Waals surface area contributed by atoms with Gasteiger partial charge in [0, 0.05) is 37.5 Å². The van der Waals surface area contributed by atoms with Crippen LogP contribution in [0.4, 0.5) is 0 Å². The van der Waals surface area contributed by atoms with E-state index in [1.807, 2.05) is 12.1 Å². The summed E-state index contributed by atoms with van der Waals surface area (Å²) in [6, 6.07) is 8.94. The topological polar surface area (TPSA) is 99.6 Å². The summed E-state index contributed by atoms with van der Waals surface area (Å²) in [5, 5.41) is 5.34. The number of aromatic nitrogens is 3. The molecule has 2 aromatic heterocycles. The molecule has 1 aliphatic heterocycles. The predicted molar refractivity (Wildman–Crippen MR) is 117 cm³/mol. The third kappa shape index (κ3) is 3.77. The van der Waals surface area contributed by atoms with Gasteiger partial charge in [0.1, 0.15) is 17.0 Å². The molecule has 3 heterocycles. The quantitative estimate of drug-likeness (QED) is 0.547. The Morgan fingerprint density at radius 2 is 2.03 bits per heavy atom. The minimum absolute atomic E-state index is 0.0366. The minimum atomic E-state index is -0.630. The first-order chi connectivity index (χ1) is 15.6. The molecule has 9 heteroatoms. The largest absolute Gasteiger partial charge is 0.422 e. The third-order valence-corrected chi connectivity index (χ3v) is 6.26. The van der Waals surface area contributed by atoms with E-state index in [1.54, 1.807) is 34.8 Å². The summed E-state index contributed by atoms with van der Waals surface area (Å²) < 4.78 is 13.7. The summed E-state index contributed by atoms with van der Waals surface area (Å²) in [6.45, 7) is 1.78. The van der Waals surface area contributed by atoms with Crippen molar-refractivity contribution in [3.05, 3.63) is 62.6 Å². The molecule has 1 amide bonds. The van der Waals surface area contributed by atoms with E-state index in [9.17, 15) is 14.4 Å². The first-order valence-electron chi connectivity index (χ1n) is 11.1. The van der Waals surface area contributed by atoms with Crippen LogP contribution in [-0.4, -0.2) is 52.0 Å². The molecular formula is C23H26N4O5. The number of methoxy groups -OCH3 is 1. The van der Waals surface area contributed by atoms with E-state index in [2.05, 4.69) is 5.10 Å². The zero-order valence-electron chi connectivity index (χ0n) is 18.0. The van der Waals surface area contributed by atoms with Gasteiger partial charge in [-0.15, -0.1) is 0 Å². The first kappa shape index (κ1) is 20.7. The van der Waals surface area contributed by atoms with Crippen LogP contribution in [0.1, 0.15) is 53.8 Å². The Labute approximate surface area is 184 Å². The van der Waals surface area contributed by atoms with Gasteiger partial charge in [-0.05, 0) is 37.8 Å². The van der Waals surface area contributed by atoms with Crippen LogP contribution in [-0.2, 0) is 11.3 Å². The molecule has 5 rings (SSSR count). The van der Waals surface area contributed by atoms with Crippen LogP contribution in [0.3, 0.4) is 0 Å². The number of carbonyl (C=O) groups is 1. The van der Waals surface area contributed by atoms with Gasteiger partial charge in [-0.1, -0.05) is 18.2 Å². The maximum atomic E-state index is 13.2. The van der Waals surface area contributed by atoms with Crippen molar-refractivity contribution in [1.82, 2.24) is 19.2 Å². The Bertz CT molecular complexity index is 1270. The second-order valence-electron chi connectivity index (χ2n) is 8.53. The standard InChI is InChI=1S/C23H26N4O5/c1-31-12-11-26-23(30)27(17-8-9-17)20(24-26)16-6-4-10-25(14-16)21(28)18-13-15-5-2-3-7-19(15)32-22(18)29/h2-3,5,7,13,16-17H,4,6,8-12,14H2,1H3. The molecule has 0 N–H and O–H groups in total. The highest BCUT2D eigenvalue weighted by molar-refractivity contribution is 5.96. The Kier molecular flexibility index (Phi) is 5.42. The van der Waals surface area contributed by atoms with Crippen molar-refractivity contribution < 1.29 is 13.9 Å². The molecule has 1 saturated carbocycles. The van der Waals surface area contributed by atoms with Gasteiger partial charge in [0.25, 0.3) is 5.91 Å². The Hall–Kier alpha value is -3.20. The molecule has 2 fully saturated rings. The van der Waals surface area contributed by atoms with E-state index < -0.39 is 5.63 Å². The van der Waals surface area contributed by atoms with Gasteiger partial charge in [0.05, 0.1) is 13.2 Å². The van der Waals surface area contributed by atoms with Crippen LogP contribution in [0.25, 0.3) is 11.0 Å². The lowest BCUT2D eigenvalue weighted by molar-refractivity contribution is 0.0699. The SMILES string of the molecule is COCCn1nc(C2CCCN(C(=O)c3cc4ccccc4oc3=O)C2)n(C2CC2)c1=O. The monoisotopic (exact) mass is 438 g/mol. The van der Waals surface area contributed by atoms with E-state index in [-0.39, 0.29) is 29.1 Å². The second kappa shape index (κ2) is 8.38. The molecule has 0 radical (unpaired) electrons. The second-order valence-corrected chi connectivity index (χ2v) is 8.53. The van der Waals surface area contributed by atoms with Gasteiger partial charge >= 0.3 is 11.3 Å². The zero-order valence-corrected chi connectivity index (χ0v) is 18.0. The van der Waals surface area contributed by atoms with Gasteiger partial charge in [0.2, 0.25) is 0 Å². The summed E-state index contributed by atoms with van der Waals surface area (Å²) in [4.78, 5) is 40.3. The van der Waals surface area contributed by atoms with Gasteiger partial charge in [-0.3, -0.25) is 9.36 Å². The highest BCUT2D eigenvalue weighted by Gasteiger charge is 2.35. The van der Waals surface area contributed by atoms with Crippen LogP contribution in [0.15, 0.2) is 44.3 Å². The van der Waals surface area contributed by atoms with Crippen LogP contribution in [0.5, 0.6) is 0 Å². The van der Waals surface area contributed by atoms with Crippen LogP contribution in [0.2, 0.25) is 0 Å². The van der Waals surface area contributed by atoms with Gasteiger partial charge in [-0.25, -0.2) is 14.3 Å². The number of likely N-dealkylation sites (tertiary alicyclic amines) is 1. The summed E-state index contributed by atoms with van der Waals surface area (Å²) in [6.07, 6.45) is 3.55. The van der Waals surface area contributed by atoms with Crippen LogP contribution >= 0.6 is 0 Å². The highest BCUT2D eigenvalue weighted by atomic mass is 16.5. The average Bonchev–Trinajstić information content (AvgIpc) is 3.59. The number of para-hydroxylation sites is 1. The molecule has 9 nitrogen and oxygen atoms in total. The number of hydrogen-bond acceptors (Lipinski definition) is 6. The molecule has 1 unspecified atom stereocenters. The number of rotatable bonds is 6. The summed E-state index contributed by atoms with van der Waals surface area (Å²) in [7, 11) is 1.60. The molecular weight excluding hydrogens is 412 g/mol. The lowest BCUT2D eigenvalue weighted by atomic mass is 9.96. The molecule has 168 valence electrons. The summed E-state index contributed by atoms with van der Waals surface area (Å²) in [5.74, 6) is 0.335. The molecule has 3 aromatic rings. The lowest BCUT2D eigenvalue weighted by Gasteiger charge is -2.32. The predicted octanol–water partition coefficient (Wildman–Crippen LogP) is 2.15. The fourth-order valence-electron chi connectivity index (χ4n) is 4.47. The molecule has 1 aliphatic carbocycles. The normalized spacial score (nSPS) is 18.9. The smallest absolute Gasteiger partial charge is 0.349 e. The van der Waals surface area contributed by atoms with Crippen molar-refractivity contribution in [3.8, 4) is 0 Å². The van der Waals surface area contributed by atoms with Crippen molar-refractivity contribution in [2.75, 3.05) is 26.8 Å². The van der Waals surface area contributed by atoms with Crippen molar-refractivity contribution in [2.45, 2.75) is 44.2 Å². The molecule has 1 saturated heterocycles. The number of fused-ring (bicyclic) bond motifs is 1. The lowest BCUT2D eigenvalue weighted by Crippen LogP contribution is -2.41.